The Kier molecular flexibility index (Phi) is 4.49. The standard InChI is InChI=1S/C5H8F3NO5S/c1-3(4(10)11)15(12,13)9-14-2-5(6,7)8/h3,9H,2H2,1H3,(H,10,11). The van der Waals surface area contributed by atoms with Crippen molar-refractivity contribution in [3.05, 3.63) is 0 Å². The molecular formula is C5H8F3NO5S. The van der Waals surface area contributed by atoms with Crippen molar-refractivity contribution < 1.29 is 36.3 Å². The zero-order chi connectivity index (χ0) is 12.3. The van der Waals surface area contributed by atoms with Crippen molar-refractivity contribution in [2.45, 2.75) is 18.3 Å². The molecule has 1 atom stereocenters. The Hall–Kier alpha value is -0.870. The first kappa shape index (κ1) is 14.1. The van der Waals surface area contributed by atoms with E-state index in [0.717, 1.165) is 11.8 Å². The number of hydrogen-bond acceptors (Lipinski definition) is 4. The molecular weight excluding hydrogens is 243 g/mol. The first-order chi connectivity index (χ1) is 6.56. The van der Waals surface area contributed by atoms with Gasteiger partial charge in [0.05, 0.1) is 0 Å². The molecule has 0 aliphatic heterocycles. The van der Waals surface area contributed by atoms with Crippen molar-refractivity contribution >= 4 is 16.0 Å². The number of alkyl halides is 3. The fourth-order valence-electron chi connectivity index (χ4n) is 0.398. The Morgan fingerprint density at radius 3 is 2.33 bits per heavy atom. The molecule has 6 nitrogen and oxygen atoms in total. The monoisotopic (exact) mass is 251 g/mol. The van der Waals surface area contributed by atoms with Crippen molar-refractivity contribution in [3.8, 4) is 0 Å². The number of carboxylic acid groups (broad SMARTS) is 1. The third-order valence-corrected chi connectivity index (χ3v) is 2.71. The largest absolute Gasteiger partial charge is 0.480 e. The zero-order valence-electron chi connectivity index (χ0n) is 7.41. The number of carboxylic acids is 1. The maximum atomic E-state index is 11.5. The molecule has 1 unspecified atom stereocenters. The number of nitrogens with one attached hydrogen (secondary N) is 1. The summed E-state index contributed by atoms with van der Waals surface area (Å²) in [5, 5.41) is 6.38. The van der Waals surface area contributed by atoms with E-state index in [9.17, 15) is 26.4 Å². The van der Waals surface area contributed by atoms with Crippen LogP contribution in [0.3, 0.4) is 0 Å². The van der Waals surface area contributed by atoms with Crippen molar-refractivity contribution in [3.63, 3.8) is 0 Å². The predicted molar refractivity (Wildman–Crippen MR) is 41.2 cm³/mol. The highest BCUT2D eigenvalue weighted by atomic mass is 32.2. The number of hydrogen-bond donors (Lipinski definition) is 2. The van der Waals surface area contributed by atoms with E-state index < -0.39 is 34.0 Å². The molecule has 90 valence electrons. The summed E-state index contributed by atoms with van der Waals surface area (Å²) in [6, 6.07) is 0. The van der Waals surface area contributed by atoms with Gasteiger partial charge in [-0.15, -0.1) is 0 Å². The van der Waals surface area contributed by atoms with Gasteiger partial charge in [0.2, 0.25) is 10.0 Å². The first-order valence-corrected chi connectivity index (χ1v) is 5.03. The molecule has 0 aromatic heterocycles. The van der Waals surface area contributed by atoms with Gasteiger partial charge in [0, 0.05) is 0 Å². The lowest BCUT2D eigenvalue weighted by Gasteiger charge is -2.11. The molecule has 0 heterocycles. The Morgan fingerprint density at radius 2 is 2.00 bits per heavy atom. The Labute approximate surface area is 83.0 Å². The van der Waals surface area contributed by atoms with Gasteiger partial charge in [0.15, 0.2) is 11.9 Å². The van der Waals surface area contributed by atoms with Crippen LogP contribution in [0.5, 0.6) is 0 Å². The van der Waals surface area contributed by atoms with Crippen LogP contribution in [-0.4, -0.2) is 37.5 Å². The summed E-state index contributed by atoms with van der Waals surface area (Å²) in [5.74, 6) is -1.70. The quantitative estimate of drug-likeness (QED) is 0.664. The van der Waals surface area contributed by atoms with E-state index in [2.05, 4.69) is 4.84 Å². The average Bonchev–Trinajstić information content (AvgIpc) is 1.99. The third kappa shape index (κ3) is 5.54. The number of halogens is 3. The normalized spacial score (nSPS) is 14.9. The molecule has 0 radical (unpaired) electrons. The minimum absolute atomic E-state index is 0.793. The highest BCUT2D eigenvalue weighted by molar-refractivity contribution is 7.90. The van der Waals surface area contributed by atoms with Gasteiger partial charge in [0.25, 0.3) is 0 Å². The van der Waals surface area contributed by atoms with E-state index in [0.29, 0.717) is 0 Å². The van der Waals surface area contributed by atoms with Crippen LogP contribution in [0.25, 0.3) is 0 Å². The first-order valence-electron chi connectivity index (χ1n) is 3.48. The summed E-state index contributed by atoms with van der Waals surface area (Å²) in [4.78, 5) is 14.9. The molecule has 0 bridgehead atoms. The molecule has 0 rings (SSSR count). The van der Waals surface area contributed by atoms with Gasteiger partial charge in [-0.05, 0) is 6.92 Å². The molecule has 0 saturated heterocycles. The second-order valence-electron chi connectivity index (χ2n) is 2.51. The molecule has 0 aromatic rings. The maximum Gasteiger partial charge on any atom is 0.413 e. The lowest BCUT2D eigenvalue weighted by molar-refractivity contribution is -0.181. The van der Waals surface area contributed by atoms with Gasteiger partial charge in [-0.25, -0.2) is 8.42 Å². The third-order valence-electron chi connectivity index (χ3n) is 1.22. The number of aliphatic carboxylic acids is 1. The van der Waals surface area contributed by atoms with E-state index in [1.807, 2.05) is 0 Å². The van der Waals surface area contributed by atoms with Gasteiger partial charge < -0.3 is 5.11 Å². The van der Waals surface area contributed by atoms with E-state index in [1.165, 1.54) is 0 Å². The van der Waals surface area contributed by atoms with E-state index in [1.54, 1.807) is 0 Å². The van der Waals surface area contributed by atoms with E-state index >= 15 is 0 Å². The van der Waals surface area contributed by atoms with E-state index in [4.69, 9.17) is 5.11 Å². The summed E-state index contributed by atoms with van der Waals surface area (Å²) in [7, 11) is -4.45. The fourth-order valence-corrected chi connectivity index (χ4v) is 1.03. The summed E-state index contributed by atoms with van der Waals surface area (Å²) in [6.07, 6.45) is -4.70. The van der Waals surface area contributed by atoms with Crippen molar-refractivity contribution in [2.24, 2.45) is 0 Å². The molecule has 15 heavy (non-hydrogen) atoms. The summed E-state index contributed by atoms with van der Waals surface area (Å²) in [5.41, 5.74) is 0. The number of sulfonamides is 1. The lowest BCUT2D eigenvalue weighted by Crippen LogP contribution is -2.39. The molecule has 2 N–H and O–H groups in total. The van der Waals surface area contributed by atoms with Crippen LogP contribution in [0.1, 0.15) is 6.92 Å². The summed E-state index contributed by atoms with van der Waals surface area (Å²) >= 11 is 0. The van der Waals surface area contributed by atoms with Gasteiger partial charge in [-0.3, -0.25) is 9.63 Å². The van der Waals surface area contributed by atoms with Gasteiger partial charge >= 0.3 is 12.1 Å². The molecule has 10 heteroatoms. The topological polar surface area (TPSA) is 92.7 Å². The number of rotatable bonds is 5. The molecule has 0 fully saturated rings. The van der Waals surface area contributed by atoms with Crippen LogP contribution < -0.4 is 4.89 Å². The highest BCUT2D eigenvalue weighted by Gasteiger charge is 2.32. The van der Waals surface area contributed by atoms with Gasteiger partial charge in [-0.1, -0.05) is 4.89 Å². The second kappa shape index (κ2) is 4.77. The Morgan fingerprint density at radius 1 is 1.53 bits per heavy atom. The molecule has 0 spiro atoms. The summed E-state index contributed by atoms with van der Waals surface area (Å²) in [6.45, 7) is -1.04. The SMILES string of the molecule is CC(C(=O)O)S(=O)(=O)NOCC(F)(F)F. The average molecular weight is 251 g/mol. The van der Waals surface area contributed by atoms with Crippen LogP contribution in [0.4, 0.5) is 13.2 Å². The highest BCUT2D eigenvalue weighted by Crippen LogP contribution is 2.14. The van der Waals surface area contributed by atoms with Crippen LogP contribution in [0.15, 0.2) is 0 Å². The van der Waals surface area contributed by atoms with Gasteiger partial charge in [-0.2, -0.15) is 13.2 Å². The second-order valence-corrected chi connectivity index (χ2v) is 4.48. The zero-order valence-corrected chi connectivity index (χ0v) is 8.22. The molecule has 0 aromatic carbocycles. The van der Waals surface area contributed by atoms with Crippen molar-refractivity contribution in [1.82, 2.24) is 4.89 Å². The minimum Gasteiger partial charge on any atom is -0.480 e. The van der Waals surface area contributed by atoms with E-state index in [-0.39, 0.29) is 0 Å². The fraction of sp³-hybridized carbons (Fsp3) is 0.800. The summed E-state index contributed by atoms with van der Waals surface area (Å²) < 4.78 is 56.3. The smallest absolute Gasteiger partial charge is 0.413 e. The molecule has 0 aliphatic carbocycles. The molecule has 0 amide bonds. The maximum absolute atomic E-state index is 11.5. The Balaban J connectivity index is 4.24. The van der Waals surface area contributed by atoms with Gasteiger partial charge in [0.1, 0.15) is 0 Å². The number of carbonyl (C=O) groups is 1. The van der Waals surface area contributed by atoms with Crippen molar-refractivity contribution in [1.29, 1.82) is 0 Å². The lowest BCUT2D eigenvalue weighted by atomic mass is 10.5. The van der Waals surface area contributed by atoms with Crippen LogP contribution in [0, 0.1) is 0 Å². The van der Waals surface area contributed by atoms with Crippen LogP contribution >= 0.6 is 0 Å². The van der Waals surface area contributed by atoms with Crippen molar-refractivity contribution in [2.75, 3.05) is 6.61 Å². The minimum atomic E-state index is -4.70. The van der Waals surface area contributed by atoms with Crippen LogP contribution in [0.2, 0.25) is 0 Å². The van der Waals surface area contributed by atoms with Crippen LogP contribution in [-0.2, 0) is 19.7 Å². The molecule has 0 aliphatic rings. The molecule has 0 saturated carbocycles. The Bertz CT molecular complexity index is 324. The predicted octanol–water partition coefficient (Wildman–Crippen LogP) is -0.127.